The molecular weight excluding hydrogens is 424 g/mol. The molecule has 2 bridgehead atoms. The Morgan fingerprint density at radius 2 is 1.76 bits per heavy atom. The summed E-state index contributed by atoms with van der Waals surface area (Å²) >= 11 is 0. The first-order valence-electron chi connectivity index (χ1n) is 11.1. The molecule has 4 heterocycles. The number of rotatable bonds is 2. The molecule has 1 fully saturated rings. The summed E-state index contributed by atoms with van der Waals surface area (Å²) in [5.41, 5.74) is 4.98. The Kier molecular flexibility index (Phi) is 4.50. The Hall–Kier alpha value is -3.68. The van der Waals surface area contributed by atoms with Gasteiger partial charge < -0.3 is 4.90 Å². The van der Waals surface area contributed by atoms with Crippen LogP contribution in [0.2, 0.25) is 0 Å². The fourth-order valence-corrected chi connectivity index (χ4v) is 5.45. The number of hydrogen-bond acceptors (Lipinski definition) is 4. The third-order valence-corrected chi connectivity index (χ3v) is 6.76. The molecule has 0 spiro atoms. The first-order valence-corrected chi connectivity index (χ1v) is 11.1. The second-order valence-electron chi connectivity index (χ2n) is 8.77. The molecule has 4 aromatic rings. The van der Waals surface area contributed by atoms with E-state index in [2.05, 4.69) is 9.97 Å². The van der Waals surface area contributed by atoms with Gasteiger partial charge in [0.05, 0.1) is 28.5 Å². The molecule has 166 valence electrons. The molecule has 0 saturated carbocycles. The number of hydrogen-bond donors (Lipinski definition) is 0. The van der Waals surface area contributed by atoms with E-state index < -0.39 is 11.6 Å². The van der Waals surface area contributed by atoms with Gasteiger partial charge in [-0.25, -0.2) is 8.78 Å². The van der Waals surface area contributed by atoms with Gasteiger partial charge in [-0.05, 0) is 56.0 Å². The standard InChI is InChI=1S/C25H21F2N5O/c1-31-24(15-9-16(26)12-17(27)10-15)19-13-18-3-2-4-22(23(19)30-31)32(18)25(33)14-5-6-20-21(11-14)29-8-7-28-20/h5-12,18,22H,2-4,13H2,1H3/t18-,22+/m0/s1. The SMILES string of the molecule is Cn1nc2c(c1-c1cc(F)cc(F)c1)C[C@@H]1CCC[C@H]2N1C(=O)c1ccc2nccnc2c1. The predicted molar refractivity (Wildman–Crippen MR) is 118 cm³/mol. The average molecular weight is 445 g/mol. The lowest BCUT2D eigenvalue weighted by molar-refractivity contribution is 0.0392. The van der Waals surface area contributed by atoms with Gasteiger partial charge >= 0.3 is 0 Å². The van der Waals surface area contributed by atoms with Gasteiger partial charge in [-0.2, -0.15) is 5.10 Å². The molecule has 0 radical (unpaired) electrons. The lowest BCUT2D eigenvalue weighted by Crippen LogP contribution is -2.49. The number of carbonyl (C=O) groups excluding carboxylic acids is 1. The zero-order valence-corrected chi connectivity index (χ0v) is 18.0. The van der Waals surface area contributed by atoms with Crippen molar-refractivity contribution in [2.45, 2.75) is 37.8 Å². The molecule has 1 saturated heterocycles. The molecule has 0 N–H and O–H groups in total. The molecule has 2 aromatic carbocycles. The van der Waals surface area contributed by atoms with Crippen molar-refractivity contribution in [3.63, 3.8) is 0 Å². The molecular formula is C25H21F2N5O. The van der Waals surface area contributed by atoms with E-state index in [0.29, 0.717) is 28.8 Å². The molecule has 2 aliphatic heterocycles. The van der Waals surface area contributed by atoms with Crippen LogP contribution in [0.15, 0.2) is 48.8 Å². The molecule has 2 atom stereocenters. The van der Waals surface area contributed by atoms with Crippen molar-refractivity contribution in [2.24, 2.45) is 7.05 Å². The van der Waals surface area contributed by atoms with Crippen LogP contribution in [0.4, 0.5) is 8.78 Å². The normalized spacial score (nSPS) is 19.5. The maximum absolute atomic E-state index is 13.9. The first kappa shape index (κ1) is 20.0. The lowest BCUT2D eigenvalue weighted by Gasteiger charge is -2.45. The van der Waals surface area contributed by atoms with E-state index in [1.54, 1.807) is 36.3 Å². The van der Waals surface area contributed by atoms with Crippen molar-refractivity contribution in [3.05, 3.63) is 77.2 Å². The van der Waals surface area contributed by atoms with E-state index in [1.807, 2.05) is 11.0 Å². The minimum atomic E-state index is -0.618. The average Bonchev–Trinajstić information content (AvgIpc) is 3.13. The Morgan fingerprint density at radius 1 is 1.00 bits per heavy atom. The van der Waals surface area contributed by atoms with Gasteiger partial charge in [-0.3, -0.25) is 19.4 Å². The number of nitrogens with zero attached hydrogens (tertiary/aromatic N) is 5. The van der Waals surface area contributed by atoms with Gasteiger partial charge in [0.1, 0.15) is 11.6 Å². The highest BCUT2D eigenvalue weighted by atomic mass is 19.1. The van der Waals surface area contributed by atoms with Crippen LogP contribution in [0.1, 0.15) is 46.9 Å². The molecule has 2 aliphatic rings. The summed E-state index contributed by atoms with van der Waals surface area (Å²) in [4.78, 5) is 24.2. The van der Waals surface area contributed by atoms with Crippen LogP contribution in [0.5, 0.6) is 0 Å². The van der Waals surface area contributed by atoms with Gasteiger partial charge in [0, 0.05) is 48.2 Å². The van der Waals surface area contributed by atoms with Crippen molar-refractivity contribution < 1.29 is 13.6 Å². The van der Waals surface area contributed by atoms with Gasteiger partial charge in [0.2, 0.25) is 0 Å². The van der Waals surface area contributed by atoms with Crippen LogP contribution in [0.25, 0.3) is 22.3 Å². The molecule has 33 heavy (non-hydrogen) atoms. The molecule has 2 aromatic heterocycles. The van der Waals surface area contributed by atoms with Crippen LogP contribution in [-0.4, -0.2) is 36.6 Å². The minimum absolute atomic E-state index is 0.00246. The fourth-order valence-electron chi connectivity index (χ4n) is 5.45. The first-order chi connectivity index (χ1) is 16.0. The smallest absolute Gasteiger partial charge is 0.254 e. The van der Waals surface area contributed by atoms with Crippen LogP contribution in [-0.2, 0) is 13.5 Å². The lowest BCUT2D eigenvalue weighted by atomic mass is 9.81. The summed E-state index contributed by atoms with van der Waals surface area (Å²) in [6, 6.07) is 8.78. The van der Waals surface area contributed by atoms with Crippen LogP contribution in [0.3, 0.4) is 0 Å². The second-order valence-corrected chi connectivity index (χ2v) is 8.77. The number of aryl methyl sites for hydroxylation is 1. The highest BCUT2D eigenvalue weighted by Gasteiger charge is 2.43. The number of piperidine rings is 1. The molecule has 1 amide bonds. The highest BCUT2D eigenvalue weighted by molar-refractivity contribution is 5.98. The topological polar surface area (TPSA) is 63.9 Å². The predicted octanol–water partition coefficient (Wildman–Crippen LogP) is 4.60. The Bertz CT molecular complexity index is 1400. The molecule has 0 aliphatic carbocycles. The van der Waals surface area contributed by atoms with E-state index in [0.717, 1.165) is 42.1 Å². The van der Waals surface area contributed by atoms with Gasteiger partial charge in [-0.15, -0.1) is 0 Å². The molecule has 6 nitrogen and oxygen atoms in total. The number of amides is 1. The number of fused-ring (bicyclic) bond motifs is 5. The van der Waals surface area contributed by atoms with Gasteiger partial charge in [0.15, 0.2) is 0 Å². The number of carbonyl (C=O) groups is 1. The zero-order chi connectivity index (χ0) is 22.7. The third-order valence-electron chi connectivity index (χ3n) is 6.76. The van der Waals surface area contributed by atoms with Gasteiger partial charge in [-0.1, -0.05) is 0 Å². The van der Waals surface area contributed by atoms with Crippen LogP contribution in [0, 0.1) is 11.6 Å². The summed E-state index contributed by atoms with van der Waals surface area (Å²) in [5, 5.41) is 4.74. The second kappa shape index (κ2) is 7.43. The summed E-state index contributed by atoms with van der Waals surface area (Å²) in [7, 11) is 1.79. The van der Waals surface area contributed by atoms with Crippen molar-refractivity contribution in [3.8, 4) is 11.3 Å². The third kappa shape index (κ3) is 3.20. The minimum Gasteiger partial charge on any atom is -0.327 e. The fraction of sp³-hybridized carbons (Fsp3) is 0.280. The highest BCUT2D eigenvalue weighted by Crippen LogP contribution is 2.45. The van der Waals surface area contributed by atoms with E-state index in [-0.39, 0.29) is 18.0 Å². The summed E-state index contributed by atoms with van der Waals surface area (Å²) in [5.74, 6) is -1.29. The quantitative estimate of drug-likeness (QED) is 0.452. The number of aromatic nitrogens is 4. The van der Waals surface area contributed by atoms with E-state index in [9.17, 15) is 13.6 Å². The zero-order valence-electron chi connectivity index (χ0n) is 18.0. The molecule has 0 unspecified atom stereocenters. The van der Waals surface area contributed by atoms with E-state index in [1.165, 1.54) is 12.1 Å². The summed E-state index contributed by atoms with van der Waals surface area (Å²) in [6.07, 6.45) is 6.53. The maximum Gasteiger partial charge on any atom is 0.254 e. The van der Waals surface area contributed by atoms with Crippen LogP contribution >= 0.6 is 0 Å². The van der Waals surface area contributed by atoms with Crippen molar-refractivity contribution >= 4 is 16.9 Å². The summed E-state index contributed by atoms with van der Waals surface area (Å²) < 4.78 is 29.6. The van der Waals surface area contributed by atoms with Crippen molar-refractivity contribution in [1.29, 1.82) is 0 Å². The van der Waals surface area contributed by atoms with Crippen LogP contribution < -0.4 is 0 Å². The monoisotopic (exact) mass is 445 g/mol. The largest absolute Gasteiger partial charge is 0.327 e. The molecule has 8 heteroatoms. The van der Waals surface area contributed by atoms with Gasteiger partial charge in [0.25, 0.3) is 5.91 Å². The number of halogens is 2. The van der Waals surface area contributed by atoms with Crippen molar-refractivity contribution in [1.82, 2.24) is 24.6 Å². The number of benzene rings is 2. The Labute approximate surface area is 188 Å². The summed E-state index contributed by atoms with van der Waals surface area (Å²) in [6.45, 7) is 0. The Morgan fingerprint density at radius 3 is 2.55 bits per heavy atom. The molecule has 6 rings (SSSR count). The van der Waals surface area contributed by atoms with E-state index in [4.69, 9.17) is 5.10 Å². The Balaban J connectivity index is 1.42. The maximum atomic E-state index is 13.9. The van der Waals surface area contributed by atoms with Crippen molar-refractivity contribution in [2.75, 3.05) is 0 Å². The van der Waals surface area contributed by atoms with E-state index >= 15 is 0 Å².